The van der Waals surface area contributed by atoms with Crippen LogP contribution in [0, 0.1) is 0 Å². The van der Waals surface area contributed by atoms with Gasteiger partial charge in [-0.15, -0.1) is 0 Å². The molecule has 6 nitrogen and oxygen atoms in total. The Labute approximate surface area is 214 Å². The quantitative estimate of drug-likeness (QED) is 0.238. The Morgan fingerprint density at radius 1 is 0.971 bits per heavy atom. The van der Waals surface area contributed by atoms with E-state index >= 15 is 0 Å². The fourth-order valence-corrected chi connectivity index (χ4v) is 3.91. The average Bonchev–Trinajstić information content (AvgIpc) is 3.14. The van der Waals surface area contributed by atoms with Gasteiger partial charge in [0, 0.05) is 11.4 Å². The maximum absolute atomic E-state index is 13.0. The van der Waals surface area contributed by atoms with Crippen molar-refractivity contribution < 1.29 is 19.0 Å². The summed E-state index contributed by atoms with van der Waals surface area (Å²) in [6.07, 6.45) is 2.40. The second-order valence-corrected chi connectivity index (χ2v) is 8.58. The van der Waals surface area contributed by atoms with Crippen LogP contribution >= 0.6 is 23.2 Å². The highest BCUT2D eigenvalue weighted by Crippen LogP contribution is 2.37. The van der Waals surface area contributed by atoms with Crippen LogP contribution in [0.25, 0.3) is 6.08 Å². The molecule has 0 aliphatic carbocycles. The van der Waals surface area contributed by atoms with Gasteiger partial charge in [0.05, 0.1) is 42.3 Å². The number of benzene rings is 3. The standard InChI is InChI=1S/C27H24Cl2N2O4/c1-18-23(27(32)31(30-18)21-7-4-3-5-8-21)15-19-16-24(29)26(25(17-19)33-2)35-14-6-13-34-22-11-9-20(28)10-12-22/h3-5,7-12,15-17H,6,13-14H2,1-2H3/b23-15-. The molecule has 0 saturated carbocycles. The van der Waals surface area contributed by atoms with Gasteiger partial charge >= 0.3 is 0 Å². The van der Waals surface area contributed by atoms with Crippen molar-refractivity contribution in [1.82, 2.24) is 0 Å². The first-order chi connectivity index (χ1) is 17.0. The monoisotopic (exact) mass is 510 g/mol. The van der Waals surface area contributed by atoms with E-state index in [1.807, 2.05) is 42.5 Å². The van der Waals surface area contributed by atoms with Crippen molar-refractivity contribution in [1.29, 1.82) is 0 Å². The van der Waals surface area contributed by atoms with E-state index in [2.05, 4.69) is 5.10 Å². The van der Waals surface area contributed by atoms with Crippen LogP contribution in [0.2, 0.25) is 10.0 Å². The van der Waals surface area contributed by atoms with Crippen molar-refractivity contribution in [3.63, 3.8) is 0 Å². The van der Waals surface area contributed by atoms with Gasteiger partial charge in [-0.3, -0.25) is 4.79 Å². The normalized spacial score (nSPS) is 14.3. The number of amides is 1. The van der Waals surface area contributed by atoms with Crippen LogP contribution in [0.5, 0.6) is 17.2 Å². The van der Waals surface area contributed by atoms with Gasteiger partial charge < -0.3 is 14.2 Å². The third-order valence-corrected chi connectivity index (χ3v) is 5.78. The van der Waals surface area contributed by atoms with E-state index in [0.29, 0.717) is 63.7 Å². The lowest BCUT2D eigenvalue weighted by Gasteiger charge is -2.14. The van der Waals surface area contributed by atoms with E-state index < -0.39 is 0 Å². The molecule has 1 aliphatic heterocycles. The molecule has 0 N–H and O–H groups in total. The van der Waals surface area contributed by atoms with Gasteiger partial charge in [-0.1, -0.05) is 41.4 Å². The molecule has 0 aromatic heterocycles. The summed E-state index contributed by atoms with van der Waals surface area (Å²) in [6.45, 7) is 2.67. The second kappa shape index (κ2) is 11.3. The molecule has 1 heterocycles. The molecule has 3 aromatic rings. The number of nitrogens with zero attached hydrogens (tertiary/aromatic N) is 2. The fraction of sp³-hybridized carbons (Fsp3) is 0.185. The number of hydrogen-bond acceptors (Lipinski definition) is 5. The molecule has 35 heavy (non-hydrogen) atoms. The number of para-hydroxylation sites is 1. The van der Waals surface area contributed by atoms with Crippen molar-refractivity contribution in [3.05, 3.63) is 87.9 Å². The lowest BCUT2D eigenvalue weighted by molar-refractivity contribution is -0.114. The third-order valence-electron chi connectivity index (χ3n) is 5.24. The van der Waals surface area contributed by atoms with Crippen LogP contribution in [-0.2, 0) is 4.79 Å². The van der Waals surface area contributed by atoms with Crippen molar-refractivity contribution >= 4 is 46.6 Å². The topological polar surface area (TPSA) is 60.4 Å². The molecule has 0 radical (unpaired) electrons. The van der Waals surface area contributed by atoms with Gasteiger partial charge in [0.2, 0.25) is 0 Å². The largest absolute Gasteiger partial charge is 0.493 e. The molecule has 1 amide bonds. The SMILES string of the molecule is COc1cc(/C=C2\C(=O)N(c3ccccc3)N=C2C)cc(Cl)c1OCCCOc1ccc(Cl)cc1. The molecule has 0 fully saturated rings. The molecule has 3 aromatic carbocycles. The Morgan fingerprint density at radius 2 is 1.69 bits per heavy atom. The number of carbonyl (C=O) groups excluding carboxylic acids is 1. The summed E-state index contributed by atoms with van der Waals surface area (Å²) in [6, 6.07) is 20.0. The molecule has 180 valence electrons. The zero-order valence-corrected chi connectivity index (χ0v) is 20.8. The molecule has 0 saturated heterocycles. The van der Waals surface area contributed by atoms with Crippen molar-refractivity contribution in [3.8, 4) is 17.2 Å². The van der Waals surface area contributed by atoms with Crippen molar-refractivity contribution in [2.45, 2.75) is 13.3 Å². The van der Waals surface area contributed by atoms with E-state index in [4.69, 9.17) is 37.4 Å². The van der Waals surface area contributed by atoms with Gasteiger partial charge in [0.25, 0.3) is 5.91 Å². The van der Waals surface area contributed by atoms with E-state index in [0.717, 1.165) is 5.75 Å². The zero-order chi connectivity index (χ0) is 24.8. The molecule has 1 aliphatic rings. The maximum Gasteiger partial charge on any atom is 0.280 e. The highest BCUT2D eigenvalue weighted by atomic mass is 35.5. The lowest BCUT2D eigenvalue weighted by atomic mass is 10.1. The minimum Gasteiger partial charge on any atom is -0.493 e. The summed E-state index contributed by atoms with van der Waals surface area (Å²) in [5.74, 6) is 1.46. The fourth-order valence-electron chi connectivity index (χ4n) is 3.51. The summed E-state index contributed by atoms with van der Waals surface area (Å²) in [4.78, 5) is 13.0. The molecular formula is C27H24Cl2N2O4. The first-order valence-electron chi connectivity index (χ1n) is 11.0. The Morgan fingerprint density at radius 3 is 2.40 bits per heavy atom. The van der Waals surface area contributed by atoms with Crippen LogP contribution in [-0.4, -0.2) is 31.9 Å². The number of halogens is 2. The lowest BCUT2D eigenvalue weighted by Crippen LogP contribution is -2.21. The van der Waals surface area contributed by atoms with Crippen LogP contribution in [0.4, 0.5) is 5.69 Å². The summed E-state index contributed by atoms with van der Waals surface area (Å²) in [5, 5.41) is 6.85. The third kappa shape index (κ3) is 5.96. The Kier molecular flexibility index (Phi) is 7.95. The average molecular weight is 511 g/mol. The first kappa shape index (κ1) is 24.6. The van der Waals surface area contributed by atoms with E-state index in [9.17, 15) is 4.79 Å². The van der Waals surface area contributed by atoms with Gasteiger partial charge in [-0.25, -0.2) is 0 Å². The predicted octanol–water partition coefficient (Wildman–Crippen LogP) is 6.66. The molecular weight excluding hydrogens is 487 g/mol. The van der Waals surface area contributed by atoms with E-state index in [1.165, 1.54) is 5.01 Å². The summed E-state index contributed by atoms with van der Waals surface area (Å²) in [7, 11) is 1.55. The number of hydrogen-bond donors (Lipinski definition) is 0. The summed E-state index contributed by atoms with van der Waals surface area (Å²) < 4.78 is 17.1. The van der Waals surface area contributed by atoms with Crippen molar-refractivity contribution in [2.24, 2.45) is 5.10 Å². The molecule has 0 unspecified atom stereocenters. The van der Waals surface area contributed by atoms with E-state index in [-0.39, 0.29) is 5.91 Å². The minimum absolute atomic E-state index is 0.204. The number of methoxy groups -OCH3 is 1. The summed E-state index contributed by atoms with van der Waals surface area (Å²) >= 11 is 12.4. The van der Waals surface area contributed by atoms with Gasteiger partial charge in [-0.05, 0) is 67.1 Å². The highest BCUT2D eigenvalue weighted by Gasteiger charge is 2.28. The molecule has 4 rings (SSSR count). The highest BCUT2D eigenvalue weighted by molar-refractivity contribution is 6.33. The maximum atomic E-state index is 13.0. The number of carbonyl (C=O) groups is 1. The Hall–Kier alpha value is -3.48. The molecule has 0 spiro atoms. The van der Waals surface area contributed by atoms with Crippen molar-refractivity contribution in [2.75, 3.05) is 25.3 Å². The van der Waals surface area contributed by atoms with Gasteiger partial charge in [0.15, 0.2) is 11.5 Å². The van der Waals surface area contributed by atoms with Crippen LogP contribution < -0.4 is 19.2 Å². The van der Waals surface area contributed by atoms with Crippen LogP contribution in [0.15, 0.2) is 77.4 Å². The Bertz CT molecular complexity index is 1260. The number of hydrazone groups is 1. The van der Waals surface area contributed by atoms with E-state index in [1.54, 1.807) is 44.4 Å². The second-order valence-electron chi connectivity index (χ2n) is 7.73. The zero-order valence-electron chi connectivity index (χ0n) is 19.3. The molecule has 8 heteroatoms. The molecule has 0 bridgehead atoms. The van der Waals surface area contributed by atoms with Crippen LogP contribution in [0.3, 0.4) is 0 Å². The van der Waals surface area contributed by atoms with Gasteiger partial charge in [0.1, 0.15) is 5.75 Å². The molecule has 0 atom stereocenters. The number of rotatable bonds is 9. The number of ether oxygens (including phenoxy) is 3. The summed E-state index contributed by atoms with van der Waals surface area (Å²) in [5.41, 5.74) is 2.52. The smallest absolute Gasteiger partial charge is 0.280 e. The van der Waals surface area contributed by atoms with Crippen LogP contribution in [0.1, 0.15) is 18.9 Å². The predicted molar refractivity (Wildman–Crippen MR) is 140 cm³/mol. The number of anilines is 1. The minimum atomic E-state index is -0.204. The Balaban J connectivity index is 1.42. The van der Waals surface area contributed by atoms with Gasteiger partial charge in [-0.2, -0.15) is 10.1 Å². The first-order valence-corrected chi connectivity index (χ1v) is 11.8.